The topological polar surface area (TPSA) is 98.2 Å². The Balaban J connectivity index is 2.26. The fourth-order valence-electron chi connectivity index (χ4n) is 1.68. The lowest BCUT2D eigenvalue weighted by molar-refractivity contribution is 0.0996. The summed E-state index contributed by atoms with van der Waals surface area (Å²) in [6.45, 7) is 0. The van der Waals surface area contributed by atoms with Crippen LogP contribution in [0.15, 0.2) is 42.5 Å². The highest BCUT2D eigenvalue weighted by atomic mass is 19.1. The maximum absolute atomic E-state index is 13.3. The number of nitrogen functional groups attached to an aromatic ring is 1. The molecule has 102 valence electrons. The average Bonchev–Trinajstić information content (AvgIpc) is 2.42. The molecule has 0 aliphatic heterocycles. The number of anilines is 2. The number of benzene rings is 2. The van der Waals surface area contributed by atoms with Gasteiger partial charge in [-0.15, -0.1) is 0 Å². The zero-order valence-corrected chi connectivity index (χ0v) is 10.4. The Morgan fingerprint density at radius 2 is 1.80 bits per heavy atom. The maximum atomic E-state index is 13.3. The molecule has 0 radical (unpaired) electrons. The fraction of sp³-hybridized carbons (Fsp3) is 0. The lowest BCUT2D eigenvalue weighted by Crippen LogP contribution is -2.16. The van der Waals surface area contributed by atoms with Gasteiger partial charge in [-0.1, -0.05) is 12.1 Å². The van der Waals surface area contributed by atoms with Crippen molar-refractivity contribution in [3.8, 4) is 0 Å². The molecule has 0 saturated heterocycles. The Labute approximate surface area is 114 Å². The van der Waals surface area contributed by atoms with E-state index in [1.165, 1.54) is 30.3 Å². The molecular formula is C14H12FN3O2. The van der Waals surface area contributed by atoms with Crippen molar-refractivity contribution >= 4 is 23.2 Å². The molecule has 0 saturated carbocycles. The highest BCUT2D eigenvalue weighted by Gasteiger charge is 2.13. The molecule has 0 bridgehead atoms. The van der Waals surface area contributed by atoms with Crippen LogP contribution < -0.4 is 16.8 Å². The van der Waals surface area contributed by atoms with Gasteiger partial charge in [0.1, 0.15) is 5.82 Å². The van der Waals surface area contributed by atoms with Crippen LogP contribution >= 0.6 is 0 Å². The predicted octanol–water partition coefficient (Wildman–Crippen LogP) is 1.76. The van der Waals surface area contributed by atoms with Crippen LogP contribution in [-0.4, -0.2) is 11.8 Å². The highest BCUT2D eigenvalue weighted by molar-refractivity contribution is 6.08. The molecule has 0 unspecified atom stereocenters. The van der Waals surface area contributed by atoms with Crippen molar-refractivity contribution in [3.05, 3.63) is 59.4 Å². The molecule has 20 heavy (non-hydrogen) atoms. The monoisotopic (exact) mass is 273 g/mol. The summed E-state index contributed by atoms with van der Waals surface area (Å²) in [4.78, 5) is 23.0. The van der Waals surface area contributed by atoms with Gasteiger partial charge in [-0.3, -0.25) is 9.59 Å². The van der Waals surface area contributed by atoms with E-state index in [2.05, 4.69) is 5.32 Å². The van der Waals surface area contributed by atoms with Crippen molar-refractivity contribution in [2.45, 2.75) is 0 Å². The van der Waals surface area contributed by atoms with Gasteiger partial charge in [0.15, 0.2) is 0 Å². The maximum Gasteiger partial charge on any atom is 0.257 e. The van der Waals surface area contributed by atoms with Crippen molar-refractivity contribution in [2.75, 3.05) is 11.1 Å². The summed E-state index contributed by atoms with van der Waals surface area (Å²) >= 11 is 0. The molecule has 6 heteroatoms. The third-order valence-electron chi connectivity index (χ3n) is 2.70. The number of rotatable bonds is 3. The van der Waals surface area contributed by atoms with Crippen LogP contribution in [-0.2, 0) is 0 Å². The summed E-state index contributed by atoms with van der Waals surface area (Å²) in [5.74, 6) is -1.83. The summed E-state index contributed by atoms with van der Waals surface area (Å²) in [5.41, 5.74) is 11.1. The van der Waals surface area contributed by atoms with E-state index in [1.807, 2.05) is 0 Å². The number of para-hydroxylation sites is 1. The molecule has 2 aromatic rings. The lowest BCUT2D eigenvalue weighted by atomic mass is 10.1. The molecule has 0 spiro atoms. The zero-order valence-electron chi connectivity index (χ0n) is 10.4. The van der Waals surface area contributed by atoms with Gasteiger partial charge in [-0.25, -0.2) is 4.39 Å². The first-order valence-corrected chi connectivity index (χ1v) is 5.74. The molecule has 0 aliphatic rings. The SMILES string of the molecule is NC(=O)c1cccc(NC(=O)c2cccc(F)c2N)c1. The number of hydrogen-bond acceptors (Lipinski definition) is 3. The van der Waals surface area contributed by atoms with Crippen LogP contribution in [0.3, 0.4) is 0 Å². The number of nitrogens with one attached hydrogen (secondary N) is 1. The second-order valence-corrected chi connectivity index (χ2v) is 4.10. The summed E-state index contributed by atoms with van der Waals surface area (Å²) in [6.07, 6.45) is 0. The van der Waals surface area contributed by atoms with Gasteiger partial charge in [-0.2, -0.15) is 0 Å². The van der Waals surface area contributed by atoms with Gasteiger partial charge in [-0.05, 0) is 30.3 Å². The van der Waals surface area contributed by atoms with Crippen LogP contribution in [0.2, 0.25) is 0 Å². The number of carbonyl (C=O) groups excluding carboxylic acids is 2. The predicted molar refractivity (Wildman–Crippen MR) is 73.7 cm³/mol. The van der Waals surface area contributed by atoms with Crippen molar-refractivity contribution in [3.63, 3.8) is 0 Å². The highest BCUT2D eigenvalue weighted by Crippen LogP contribution is 2.18. The molecule has 5 nitrogen and oxygen atoms in total. The Kier molecular flexibility index (Phi) is 3.65. The number of halogens is 1. The summed E-state index contributed by atoms with van der Waals surface area (Å²) in [6, 6.07) is 10.1. The van der Waals surface area contributed by atoms with Crippen LogP contribution in [0.5, 0.6) is 0 Å². The Morgan fingerprint density at radius 1 is 1.10 bits per heavy atom. The minimum Gasteiger partial charge on any atom is -0.396 e. The Morgan fingerprint density at radius 3 is 2.50 bits per heavy atom. The summed E-state index contributed by atoms with van der Waals surface area (Å²) < 4.78 is 13.3. The van der Waals surface area contributed by atoms with Crippen LogP contribution in [0, 0.1) is 5.82 Å². The van der Waals surface area contributed by atoms with Crippen LogP contribution in [0.4, 0.5) is 15.8 Å². The Bertz CT molecular complexity index is 686. The van der Waals surface area contributed by atoms with E-state index in [1.54, 1.807) is 12.1 Å². The van der Waals surface area contributed by atoms with Crippen LogP contribution in [0.25, 0.3) is 0 Å². The van der Waals surface area contributed by atoms with E-state index in [-0.39, 0.29) is 16.8 Å². The van der Waals surface area contributed by atoms with Crippen LogP contribution in [0.1, 0.15) is 20.7 Å². The molecule has 0 heterocycles. The second-order valence-electron chi connectivity index (χ2n) is 4.10. The molecule has 2 rings (SSSR count). The minimum absolute atomic E-state index is 0.0227. The molecule has 0 fully saturated rings. The first kappa shape index (κ1) is 13.5. The quantitative estimate of drug-likeness (QED) is 0.743. The number of carbonyl (C=O) groups is 2. The summed E-state index contributed by atoms with van der Waals surface area (Å²) in [5, 5.41) is 2.53. The largest absolute Gasteiger partial charge is 0.396 e. The first-order chi connectivity index (χ1) is 9.49. The van der Waals surface area contributed by atoms with E-state index in [4.69, 9.17) is 11.5 Å². The van der Waals surface area contributed by atoms with E-state index in [0.29, 0.717) is 5.69 Å². The number of nitrogens with two attached hydrogens (primary N) is 2. The molecule has 0 aromatic heterocycles. The molecular weight excluding hydrogens is 261 g/mol. The van der Waals surface area contributed by atoms with Gasteiger partial charge in [0, 0.05) is 11.3 Å². The average molecular weight is 273 g/mol. The third-order valence-corrected chi connectivity index (χ3v) is 2.70. The van der Waals surface area contributed by atoms with Gasteiger partial charge < -0.3 is 16.8 Å². The van der Waals surface area contributed by atoms with E-state index in [0.717, 1.165) is 0 Å². The molecule has 2 amide bonds. The lowest BCUT2D eigenvalue weighted by Gasteiger charge is -2.08. The molecule has 0 atom stereocenters. The van der Waals surface area contributed by atoms with E-state index < -0.39 is 17.6 Å². The normalized spacial score (nSPS) is 10.1. The van der Waals surface area contributed by atoms with Gasteiger partial charge in [0.25, 0.3) is 5.91 Å². The number of hydrogen-bond donors (Lipinski definition) is 3. The van der Waals surface area contributed by atoms with Crippen molar-refractivity contribution in [1.29, 1.82) is 0 Å². The third kappa shape index (κ3) is 2.74. The van der Waals surface area contributed by atoms with Crippen molar-refractivity contribution < 1.29 is 14.0 Å². The fourth-order valence-corrected chi connectivity index (χ4v) is 1.68. The van der Waals surface area contributed by atoms with E-state index >= 15 is 0 Å². The van der Waals surface area contributed by atoms with Gasteiger partial charge >= 0.3 is 0 Å². The number of amides is 2. The molecule has 5 N–H and O–H groups in total. The zero-order chi connectivity index (χ0) is 14.7. The van der Waals surface area contributed by atoms with Crippen molar-refractivity contribution in [1.82, 2.24) is 0 Å². The van der Waals surface area contributed by atoms with Crippen molar-refractivity contribution in [2.24, 2.45) is 5.73 Å². The first-order valence-electron chi connectivity index (χ1n) is 5.74. The minimum atomic E-state index is -0.663. The van der Waals surface area contributed by atoms with Gasteiger partial charge in [0.2, 0.25) is 5.91 Å². The molecule has 0 aliphatic carbocycles. The standard InChI is InChI=1S/C14H12FN3O2/c15-11-6-2-5-10(12(11)16)14(20)18-9-4-1-3-8(7-9)13(17)19/h1-7H,16H2,(H2,17,19)(H,18,20). The van der Waals surface area contributed by atoms with E-state index in [9.17, 15) is 14.0 Å². The number of primary amides is 1. The Hall–Kier alpha value is -2.89. The smallest absolute Gasteiger partial charge is 0.257 e. The molecule has 2 aromatic carbocycles. The second kappa shape index (κ2) is 5.40. The van der Waals surface area contributed by atoms with Gasteiger partial charge in [0.05, 0.1) is 11.3 Å². The summed E-state index contributed by atoms with van der Waals surface area (Å²) in [7, 11) is 0.